The summed E-state index contributed by atoms with van der Waals surface area (Å²) in [6, 6.07) is 6.65. The highest BCUT2D eigenvalue weighted by atomic mass is 127. The zero-order valence-corrected chi connectivity index (χ0v) is 16.9. The van der Waals surface area contributed by atoms with Crippen LogP contribution in [0, 0.1) is 0 Å². The molecule has 1 fully saturated rings. The van der Waals surface area contributed by atoms with E-state index in [0.29, 0.717) is 13.1 Å². The molecule has 0 spiro atoms. The van der Waals surface area contributed by atoms with E-state index < -0.39 is 6.61 Å². The lowest BCUT2D eigenvalue weighted by atomic mass is 10.2. The number of halogens is 3. The number of hydrogen-bond donors (Lipinski definition) is 1. The van der Waals surface area contributed by atoms with Crippen molar-refractivity contribution >= 4 is 29.9 Å². The number of rotatable bonds is 7. The van der Waals surface area contributed by atoms with E-state index in [2.05, 4.69) is 15.0 Å². The number of guanidine groups is 1. The van der Waals surface area contributed by atoms with Gasteiger partial charge in [-0.2, -0.15) is 8.78 Å². The minimum atomic E-state index is -2.80. The number of nitrogens with one attached hydrogen (secondary N) is 1. The van der Waals surface area contributed by atoms with Crippen LogP contribution in [0.1, 0.15) is 25.3 Å². The van der Waals surface area contributed by atoms with E-state index in [1.807, 2.05) is 18.9 Å². The molecule has 2 rings (SSSR count). The summed E-state index contributed by atoms with van der Waals surface area (Å²) in [5.74, 6) is 0.969. The molecule has 142 valence electrons. The molecule has 0 bridgehead atoms. The Morgan fingerprint density at radius 3 is 2.68 bits per heavy atom. The summed E-state index contributed by atoms with van der Waals surface area (Å²) in [6.07, 6.45) is 2.36. The summed E-state index contributed by atoms with van der Waals surface area (Å²) >= 11 is 0. The van der Waals surface area contributed by atoms with Crippen molar-refractivity contribution in [3.05, 3.63) is 29.8 Å². The van der Waals surface area contributed by atoms with Gasteiger partial charge in [-0.25, -0.2) is 0 Å². The Balaban J connectivity index is 0.00000312. The van der Waals surface area contributed by atoms with Crippen LogP contribution in [0.2, 0.25) is 0 Å². The van der Waals surface area contributed by atoms with Gasteiger partial charge in [0.05, 0.1) is 12.6 Å². The van der Waals surface area contributed by atoms with E-state index in [4.69, 9.17) is 4.74 Å². The molecule has 8 heteroatoms. The van der Waals surface area contributed by atoms with Crippen LogP contribution in [0.25, 0.3) is 0 Å². The molecule has 0 aromatic heterocycles. The molecule has 1 unspecified atom stereocenters. The number of nitrogens with zero attached hydrogens (tertiary/aromatic N) is 2. The maximum Gasteiger partial charge on any atom is 0.387 e. The monoisotopic (exact) mass is 469 g/mol. The van der Waals surface area contributed by atoms with Crippen molar-refractivity contribution in [2.45, 2.75) is 39.0 Å². The third-order valence-electron chi connectivity index (χ3n) is 3.73. The summed E-state index contributed by atoms with van der Waals surface area (Å²) in [4.78, 5) is 6.63. The van der Waals surface area contributed by atoms with Crippen LogP contribution >= 0.6 is 24.0 Å². The summed E-state index contributed by atoms with van der Waals surface area (Å²) < 4.78 is 34.3. The van der Waals surface area contributed by atoms with Crippen LogP contribution in [0.5, 0.6) is 5.75 Å². The summed E-state index contributed by atoms with van der Waals surface area (Å²) in [5.41, 5.74) is 0.988. The zero-order valence-electron chi connectivity index (χ0n) is 14.6. The Morgan fingerprint density at radius 1 is 1.40 bits per heavy atom. The first-order valence-electron chi connectivity index (χ1n) is 8.23. The summed E-state index contributed by atoms with van der Waals surface area (Å²) in [5, 5.41) is 3.26. The van der Waals surface area contributed by atoms with Crippen molar-refractivity contribution in [1.29, 1.82) is 0 Å². The number of aliphatic imine (C=N–C) groups is 1. The maximum atomic E-state index is 12.2. The molecule has 1 N–H and O–H groups in total. The van der Waals surface area contributed by atoms with Gasteiger partial charge in [0.25, 0.3) is 0 Å². The van der Waals surface area contributed by atoms with Crippen LogP contribution in [0.4, 0.5) is 8.78 Å². The molecule has 1 saturated heterocycles. The number of alkyl halides is 2. The largest absolute Gasteiger partial charge is 0.435 e. The molecule has 1 heterocycles. The molecule has 0 aliphatic carbocycles. The average Bonchev–Trinajstić information content (AvgIpc) is 3.06. The number of ether oxygens (including phenoxy) is 2. The molecular formula is C17H26F2IN3O2. The molecule has 1 atom stereocenters. The Labute approximate surface area is 164 Å². The van der Waals surface area contributed by atoms with Crippen LogP contribution in [0.15, 0.2) is 29.3 Å². The molecule has 25 heavy (non-hydrogen) atoms. The first-order chi connectivity index (χ1) is 11.6. The molecule has 1 aliphatic heterocycles. The predicted octanol–water partition coefficient (Wildman–Crippen LogP) is 3.48. The highest BCUT2D eigenvalue weighted by Crippen LogP contribution is 2.16. The zero-order chi connectivity index (χ0) is 17.4. The van der Waals surface area contributed by atoms with E-state index in [-0.39, 0.29) is 35.8 Å². The third kappa shape index (κ3) is 7.72. The quantitative estimate of drug-likeness (QED) is 0.378. The second kappa shape index (κ2) is 11.5. The highest BCUT2D eigenvalue weighted by Gasteiger charge is 2.16. The average molecular weight is 469 g/mol. The smallest absolute Gasteiger partial charge is 0.387 e. The second-order valence-electron chi connectivity index (χ2n) is 5.71. The molecule has 0 radical (unpaired) electrons. The fourth-order valence-electron chi connectivity index (χ4n) is 2.57. The van der Waals surface area contributed by atoms with Crippen molar-refractivity contribution in [3.8, 4) is 5.75 Å². The maximum absolute atomic E-state index is 12.2. The van der Waals surface area contributed by atoms with Gasteiger partial charge in [0, 0.05) is 26.7 Å². The van der Waals surface area contributed by atoms with Gasteiger partial charge in [-0.1, -0.05) is 12.1 Å². The van der Waals surface area contributed by atoms with Crippen molar-refractivity contribution < 1.29 is 18.3 Å². The van der Waals surface area contributed by atoms with E-state index in [9.17, 15) is 8.78 Å². The lowest BCUT2D eigenvalue weighted by Crippen LogP contribution is -2.39. The lowest BCUT2D eigenvalue weighted by molar-refractivity contribution is -0.0498. The van der Waals surface area contributed by atoms with Gasteiger partial charge in [0.1, 0.15) is 5.75 Å². The minimum Gasteiger partial charge on any atom is -0.435 e. The van der Waals surface area contributed by atoms with Crippen molar-refractivity contribution in [1.82, 2.24) is 10.2 Å². The van der Waals surface area contributed by atoms with E-state index in [1.165, 1.54) is 0 Å². The van der Waals surface area contributed by atoms with Crippen LogP contribution in [-0.2, 0) is 11.3 Å². The molecule has 1 aliphatic rings. The van der Waals surface area contributed by atoms with Crippen molar-refractivity contribution in [2.24, 2.45) is 4.99 Å². The van der Waals surface area contributed by atoms with E-state index in [0.717, 1.165) is 37.5 Å². The minimum absolute atomic E-state index is 0. The van der Waals surface area contributed by atoms with Crippen molar-refractivity contribution in [2.75, 3.05) is 26.7 Å². The Hall–Kier alpha value is -1.16. The fraction of sp³-hybridized carbons (Fsp3) is 0.588. The second-order valence-corrected chi connectivity index (χ2v) is 5.71. The van der Waals surface area contributed by atoms with Crippen LogP contribution < -0.4 is 10.1 Å². The van der Waals surface area contributed by atoms with Gasteiger partial charge in [0.15, 0.2) is 5.96 Å². The normalized spacial score (nSPS) is 17.3. The number of benzene rings is 1. The lowest BCUT2D eigenvalue weighted by Gasteiger charge is -2.22. The van der Waals surface area contributed by atoms with Gasteiger partial charge >= 0.3 is 6.61 Å². The standard InChI is InChI=1S/C17H25F2N3O2.HI/c1-3-20-17(21-11-15-5-4-10-23-15)22(2)12-13-6-8-14(9-7-13)24-16(18)19;/h6-9,15-16H,3-5,10-12H2,1-2H3,(H,20,21);1H. The van der Waals surface area contributed by atoms with Crippen molar-refractivity contribution in [3.63, 3.8) is 0 Å². The Morgan fingerprint density at radius 2 is 2.12 bits per heavy atom. The topological polar surface area (TPSA) is 46.1 Å². The molecule has 0 saturated carbocycles. The summed E-state index contributed by atoms with van der Waals surface area (Å²) in [6.45, 7) is 2.07. The van der Waals surface area contributed by atoms with E-state index >= 15 is 0 Å². The third-order valence-corrected chi connectivity index (χ3v) is 3.73. The first kappa shape index (κ1) is 21.9. The Kier molecular flexibility index (Phi) is 10.0. The van der Waals surface area contributed by atoms with Gasteiger partial charge in [-0.15, -0.1) is 24.0 Å². The highest BCUT2D eigenvalue weighted by molar-refractivity contribution is 14.0. The molecule has 1 aromatic rings. The molecule has 1 aromatic carbocycles. The Bertz CT molecular complexity index is 523. The number of hydrogen-bond acceptors (Lipinski definition) is 3. The van der Waals surface area contributed by atoms with Crippen LogP contribution in [0.3, 0.4) is 0 Å². The van der Waals surface area contributed by atoms with Gasteiger partial charge in [0.2, 0.25) is 0 Å². The van der Waals surface area contributed by atoms with Gasteiger partial charge < -0.3 is 19.7 Å². The van der Waals surface area contributed by atoms with Crippen LogP contribution in [-0.4, -0.2) is 50.3 Å². The summed E-state index contributed by atoms with van der Waals surface area (Å²) in [7, 11) is 1.95. The molecular weight excluding hydrogens is 443 g/mol. The SMILES string of the molecule is CCNC(=NCC1CCCO1)N(C)Cc1ccc(OC(F)F)cc1.I. The predicted molar refractivity (Wildman–Crippen MR) is 105 cm³/mol. The first-order valence-corrected chi connectivity index (χ1v) is 8.23. The van der Waals surface area contributed by atoms with Gasteiger partial charge in [-0.05, 0) is 37.5 Å². The fourth-order valence-corrected chi connectivity index (χ4v) is 2.57. The van der Waals surface area contributed by atoms with Gasteiger partial charge in [-0.3, -0.25) is 4.99 Å². The molecule has 5 nitrogen and oxygen atoms in total. The molecule has 0 amide bonds. The van der Waals surface area contributed by atoms with E-state index in [1.54, 1.807) is 24.3 Å².